The first kappa shape index (κ1) is 32.7. The van der Waals surface area contributed by atoms with E-state index in [1.807, 2.05) is 54.3 Å². The molecule has 0 fully saturated rings. The molecule has 2 N–H and O–H groups in total. The van der Waals surface area contributed by atoms with Gasteiger partial charge in [-0.3, -0.25) is 9.11 Å². The molecule has 3 aromatic carbocycles. The number of hydrogen-bond acceptors (Lipinski definition) is 7. The van der Waals surface area contributed by atoms with Crippen LogP contribution in [0.25, 0.3) is 27.1 Å². The van der Waals surface area contributed by atoms with Crippen molar-refractivity contribution in [1.29, 1.82) is 0 Å². The Balaban J connectivity index is 1.56. The number of hydrogen-bond donors (Lipinski definition) is 2. The van der Waals surface area contributed by atoms with Gasteiger partial charge in [-0.2, -0.15) is 21.4 Å². The fraction of sp³-hybridized carbons (Fsp3) is 0.300. The number of nitrogens with zero attached hydrogens (tertiary/aromatic N) is 3. The normalized spacial score (nSPS) is 15.7. The Hall–Kier alpha value is -2.71. The van der Waals surface area contributed by atoms with Gasteiger partial charge in [0.15, 0.2) is 6.54 Å². The number of anilines is 2. The zero-order chi connectivity index (χ0) is 31.8. The highest BCUT2D eigenvalue weighted by molar-refractivity contribution is 7.86. The predicted octanol–water partition coefficient (Wildman–Crippen LogP) is 6.79. The lowest BCUT2D eigenvalue weighted by Crippen LogP contribution is -2.36. The molecule has 0 aliphatic carbocycles. The maximum absolute atomic E-state index is 11.7. The first-order valence-corrected chi connectivity index (χ1v) is 18.6. The second kappa shape index (κ2) is 13.0. The largest absolute Gasteiger partial charge is 0.326 e. The molecule has 1 aromatic heterocycles. The van der Waals surface area contributed by atoms with Gasteiger partial charge in [0.2, 0.25) is 5.52 Å². The summed E-state index contributed by atoms with van der Waals surface area (Å²) < 4.78 is 68.4. The van der Waals surface area contributed by atoms with E-state index < -0.39 is 25.5 Å². The number of aryl methyl sites for hydroxylation is 1. The lowest BCUT2D eigenvalue weighted by Gasteiger charge is -2.25. The van der Waals surface area contributed by atoms with E-state index in [9.17, 15) is 25.9 Å². The standard InChI is InChI=1S/C30H31Cl2N3O6S3/c1-3-33-25-18-23(31)24(32)19-26(25)34(16-14-20(2)44(39,40)41)28(33)10-6-11-29-35(15-7-17-43(36,37)38)30-22-9-5-4-8-21(22)12-13-27(30)42-29/h4-6,8-13,18-20H,3,7,14-17H2,1-2H3,(H-,36,37,38,39,40,41)/p+1. The molecule has 1 atom stereocenters. The van der Waals surface area contributed by atoms with E-state index in [0.717, 1.165) is 43.2 Å². The molecule has 0 spiro atoms. The highest BCUT2D eigenvalue weighted by Gasteiger charge is 2.32. The molecule has 0 bridgehead atoms. The number of benzene rings is 3. The summed E-state index contributed by atoms with van der Waals surface area (Å²) in [4.78, 5) is 4.02. The fourth-order valence-electron chi connectivity index (χ4n) is 5.40. The van der Waals surface area contributed by atoms with Crippen LogP contribution in [0.4, 0.5) is 11.4 Å². The van der Waals surface area contributed by atoms with Crippen molar-refractivity contribution in [2.24, 2.45) is 0 Å². The summed E-state index contributed by atoms with van der Waals surface area (Å²) in [6.07, 6.45) is 6.19. The third-order valence-electron chi connectivity index (χ3n) is 7.62. The van der Waals surface area contributed by atoms with E-state index in [0.29, 0.717) is 29.7 Å². The van der Waals surface area contributed by atoms with Crippen LogP contribution in [0.15, 0.2) is 66.5 Å². The number of halogens is 2. The van der Waals surface area contributed by atoms with Gasteiger partial charge in [0.05, 0.1) is 37.8 Å². The SMILES string of the molecule is CCN1/C(=C\C=C\c2sc3ccc4ccccc4c3[n+]2CCCS(=O)(=O)O)N(CCC(C)S(=O)(=O)O)c2cc(Cl)c(Cl)cc21. The molecular formula is C30H32Cl2N3O6S3+. The van der Waals surface area contributed by atoms with Crippen molar-refractivity contribution < 1.29 is 30.5 Å². The van der Waals surface area contributed by atoms with Crippen molar-refractivity contribution in [3.05, 3.63) is 81.6 Å². The molecule has 9 nitrogen and oxygen atoms in total. The van der Waals surface area contributed by atoms with Crippen LogP contribution in [0.5, 0.6) is 0 Å². The average Bonchev–Trinajstić information content (AvgIpc) is 3.45. The molecule has 2 heterocycles. The minimum absolute atomic E-state index is 0.175. The van der Waals surface area contributed by atoms with Gasteiger partial charge in [0, 0.05) is 25.6 Å². The molecule has 1 unspecified atom stereocenters. The molecule has 0 saturated carbocycles. The maximum atomic E-state index is 11.7. The summed E-state index contributed by atoms with van der Waals surface area (Å²) in [7, 11) is -8.31. The summed E-state index contributed by atoms with van der Waals surface area (Å²) in [6.45, 7) is 4.74. The topological polar surface area (TPSA) is 119 Å². The Morgan fingerprint density at radius 2 is 1.68 bits per heavy atom. The molecule has 0 radical (unpaired) electrons. The van der Waals surface area contributed by atoms with E-state index in [1.165, 1.54) is 6.92 Å². The van der Waals surface area contributed by atoms with Crippen molar-refractivity contribution in [3.63, 3.8) is 0 Å². The molecule has 0 saturated heterocycles. The third-order valence-corrected chi connectivity index (χ3v) is 11.5. The van der Waals surface area contributed by atoms with Crippen LogP contribution >= 0.6 is 34.5 Å². The Morgan fingerprint density at radius 1 is 1.00 bits per heavy atom. The molecule has 14 heteroatoms. The molecule has 0 amide bonds. The third kappa shape index (κ3) is 6.91. The molecule has 44 heavy (non-hydrogen) atoms. The number of allylic oxidation sites excluding steroid dienone is 2. The zero-order valence-corrected chi connectivity index (χ0v) is 28.0. The molecule has 1 aliphatic heterocycles. The fourth-order valence-corrected chi connectivity index (χ4v) is 7.73. The van der Waals surface area contributed by atoms with Crippen molar-refractivity contribution >= 4 is 93.2 Å². The summed E-state index contributed by atoms with van der Waals surface area (Å²) in [5, 5.41) is 2.80. The van der Waals surface area contributed by atoms with Gasteiger partial charge in [-0.15, -0.1) is 0 Å². The lowest BCUT2D eigenvalue weighted by atomic mass is 10.1. The van der Waals surface area contributed by atoms with Gasteiger partial charge >= 0.3 is 0 Å². The van der Waals surface area contributed by atoms with Gasteiger partial charge in [0.25, 0.3) is 25.2 Å². The lowest BCUT2D eigenvalue weighted by molar-refractivity contribution is -0.667. The van der Waals surface area contributed by atoms with Crippen LogP contribution in [-0.2, 0) is 26.8 Å². The minimum atomic E-state index is -4.20. The van der Waals surface area contributed by atoms with Gasteiger partial charge in [-0.1, -0.05) is 64.9 Å². The van der Waals surface area contributed by atoms with Gasteiger partial charge < -0.3 is 9.80 Å². The molecular weight excluding hydrogens is 665 g/mol. The number of rotatable bonds is 11. The van der Waals surface area contributed by atoms with E-state index in [2.05, 4.69) is 21.6 Å². The molecule has 1 aliphatic rings. The number of fused-ring (bicyclic) bond motifs is 4. The van der Waals surface area contributed by atoms with Crippen molar-refractivity contribution in [2.75, 3.05) is 28.6 Å². The van der Waals surface area contributed by atoms with Crippen molar-refractivity contribution in [3.8, 4) is 0 Å². The summed E-state index contributed by atoms with van der Waals surface area (Å²) in [5.41, 5.74) is 2.59. The Morgan fingerprint density at radius 3 is 2.34 bits per heavy atom. The van der Waals surface area contributed by atoms with Crippen LogP contribution in [0.1, 0.15) is 31.7 Å². The van der Waals surface area contributed by atoms with Gasteiger partial charge in [-0.25, -0.2) is 0 Å². The number of aromatic nitrogens is 1. The predicted molar refractivity (Wildman–Crippen MR) is 180 cm³/mol. The first-order valence-electron chi connectivity index (χ1n) is 14.0. The van der Waals surface area contributed by atoms with Crippen LogP contribution in [0, 0.1) is 0 Å². The van der Waals surface area contributed by atoms with Crippen LogP contribution < -0.4 is 14.4 Å². The quantitative estimate of drug-likeness (QED) is 0.130. The minimum Gasteiger partial charge on any atom is -0.326 e. The molecule has 4 aromatic rings. The molecule has 234 valence electrons. The van der Waals surface area contributed by atoms with Crippen molar-refractivity contribution in [1.82, 2.24) is 0 Å². The summed E-state index contributed by atoms with van der Waals surface area (Å²) in [6, 6.07) is 15.7. The zero-order valence-electron chi connectivity index (χ0n) is 24.0. The smallest absolute Gasteiger partial charge is 0.267 e. The highest BCUT2D eigenvalue weighted by atomic mass is 35.5. The first-order chi connectivity index (χ1) is 20.8. The van der Waals surface area contributed by atoms with E-state index in [-0.39, 0.29) is 18.6 Å². The average molecular weight is 698 g/mol. The second-order valence-corrected chi connectivity index (χ2v) is 15.8. The Labute approximate surface area is 271 Å². The van der Waals surface area contributed by atoms with Crippen molar-refractivity contribution in [2.45, 2.75) is 38.5 Å². The summed E-state index contributed by atoms with van der Waals surface area (Å²) in [5.74, 6) is 0.435. The van der Waals surface area contributed by atoms with Crippen LogP contribution in [0.3, 0.4) is 0 Å². The van der Waals surface area contributed by atoms with E-state index >= 15 is 0 Å². The highest BCUT2D eigenvalue weighted by Crippen LogP contribution is 2.45. The monoisotopic (exact) mass is 696 g/mol. The molecule has 5 rings (SSSR count). The van der Waals surface area contributed by atoms with Gasteiger partial charge in [-0.05, 0) is 56.0 Å². The summed E-state index contributed by atoms with van der Waals surface area (Å²) >= 11 is 14.3. The second-order valence-electron chi connectivity index (χ2n) is 10.5. The maximum Gasteiger partial charge on any atom is 0.267 e. The van der Waals surface area contributed by atoms with E-state index in [4.69, 9.17) is 23.2 Å². The Kier molecular flexibility index (Phi) is 9.62. The van der Waals surface area contributed by atoms with E-state index in [1.54, 1.807) is 23.5 Å². The van der Waals surface area contributed by atoms with Crippen LogP contribution in [-0.4, -0.2) is 50.0 Å². The van der Waals surface area contributed by atoms with Gasteiger partial charge in [0.1, 0.15) is 10.5 Å². The van der Waals surface area contributed by atoms with Crippen LogP contribution in [0.2, 0.25) is 10.0 Å². The number of thiazole rings is 1. The Bertz CT molecular complexity index is 2010.